The van der Waals surface area contributed by atoms with Crippen LogP contribution < -0.4 is 4.74 Å². The topological polar surface area (TPSA) is 9.23 Å². The number of alkyl halides is 4. The van der Waals surface area contributed by atoms with Crippen LogP contribution in [0.3, 0.4) is 0 Å². The van der Waals surface area contributed by atoms with Gasteiger partial charge in [-0.2, -0.15) is 0 Å². The zero-order chi connectivity index (χ0) is 14.8. The Morgan fingerprint density at radius 1 is 1.00 bits per heavy atom. The van der Waals surface area contributed by atoms with Gasteiger partial charge in [-0.1, -0.05) is 24.3 Å². The third-order valence-electron chi connectivity index (χ3n) is 2.59. The van der Waals surface area contributed by atoms with Crippen molar-refractivity contribution in [2.45, 2.75) is 12.2 Å². The third-order valence-corrected chi connectivity index (χ3v) is 2.90. The average Bonchev–Trinajstić information content (AvgIpc) is 2.38. The molecule has 0 fully saturated rings. The highest BCUT2D eigenvalue weighted by atomic mass is 35.5. The summed E-state index contributed by atoms with van der Waals surface area (Å²) < 4.78 is 53.6. The Morgan fingerprint density at radius 3 is 2.15 bits per heavy atom. The van der Waals surface area contributed by atoms with Gasteiger partial charge in [0.25, 0.3) is 0 Å². The molecule has 0 heterocycles. The molecule has 0 saturated heterocycles. The summed E-state index contributed by atoms with van der Waals surface area (Å²) in [6.45, 7) is 0. The van der Waals surface area contributed by atoms with E-state index in [1.165, 1.54) is 24.3 Å². The maximum absolute atomic E-state index is 13.8. The fourth-order valence-electron chi connectivity index (χ4n) is 1.71. The first-order valence-corrected chi connectivity index (χ1v) is 6.13. The van der Waals surface area contributed by atoms with E-state index in [0.29, 0.717) is 11.1 Å². The maximum Gasteiger partial charge on any atom is 0.573 e. The van der Waals surface area contributed by atoms with Gasteiger partial charge in [0, 0.05) is 11.4 Å². The van der Waals surface area contributed by atoms with Crippen molar-refractivity contribution in [2.75, 3.05) is 0 Å². The van der Waals surface area contributed by atoms with Gasteiger partial charge in [0.05, 0.1) is 0 Å². The zero-order valence-corrected chi connectivity index (χ0v) is 10.8. The molecule has 0 aromatic heterocycles. The van der Waals surface area contributed by atoms with Gasteiger partial charge in [-0.15, -0.1) is 24.8 Å². The summed E-state index contributed by atoms with van der Waals surface area (Å²) in [5, 5.41) is 0. The van der Waals surface area contributed by atoms with Crippen molar-refractivity contribution in [3.8, 4) is 16.9 Å². The lowest BCUT2D eigenvalue weighted by atomic mass is 10.0. The van der Waals surface area contributed by atoms with Crippen LogP contribution in [0.5, 0.6) is 5.75 Å². The van der Waals surface area contributed by atoms with Gasteiger partial charge in [0.2, 0.25) is 0 Å². The zero-order valence-electron chi connectivity index (χ0n) is 10.0. The molecule has 0 unspecified atom stereocenters. The quantitative estimate of drug-likeness (QED) is 0.564. The van der Waals surface area contributed by atoms with E-state index >= 15 is 0 Å². The van der Waals surface area contributed by atoms with Crippen LogP contribution >= 0.6 is 11.6 Å². The molecule has 20 heavy (non-hydrogen) atoms. The van der Waals surface area contributed by atoms with Gasteiger partial charge in [-0.05, 0) is 29.3 Å². The van der Waals surface area contributed by atoms with Gasteiger partial charge in [-0.3, -0.25) is 0 Å². The first-order chi connectivity index (χ1) is 9.39. The Hall–Kier alpha value is -1.75. The predicted octanol–water partition coefficient (Wildman–Crippen LogP) is 5.13. The van der Waals surface area contributed by atoms with Gasteiger partial charge in [0.15, 0.2) is 0 Å². The van der Waals surface area contributed by atoms with E-state index in [-0.39, 0.29) is 17.2 Å². The largest absolute Gasteiger partial charge is 0.573 e. The van der Waals surface area contributed by atoms with Crippen LogP contribution in [0.25, 0.3) is 11.1 Å². The standard InChI is InChI=1S/C14H9ClF4O/c15-8-9-1-6-12(13(16)7-9)10-2-4-11(5-3-10)20-14(17,18)19/h1-7H,8H2. The van der Waals surface area contributed by atoms with Crippen molar-refractivity contribution in [1.29, 1.82) is 0 Å². The highest BCUT2D eigenvalue weighted by molar-refractivity contribution is 6.17. The molecule has 0 radical (unpaired) electrons. The molecule has 1 nitrogen and oxygen atoms in total. The molecule has 0 bridgehead atoms. The van der Waals surface area contributed by atoms with Crippen LogP contribution in [-0.4, -0.2) is 6.36 Å². The summed E-state index contributed by atoms with van der Waals surface area (Å²) in [5.41, 5.74) is 1.38. The molecular formula is C14H9ClF4O. The van der Waals surface area contributed by atoms with Crippen LogP contribution in [0, 0.1) is 5.82 Å². The smallest absolute Gasteiger partial charge is 0.406 e. The normalized spacial score (nSPS) is 11.4. The summed E-state index contributed by atoms with van der Waals surface area (Å²) in [6.07, 6.45) is -4.74. The summed E-state index contributed by atoms with van der Waals surface area (Å²) in [6, 6.07) is 9.48. The van der Waals surface area contributed by atoms with E-state index in [2.05, 4.69) is 4.74 Å². The Labute approximate surface area is 117 Å². The molecule has 0 spiro atoms. The van der Waals surface area contributed by atoms with Gasteiger partial charge in [-0.25, -0.2) is 4.39 Å². The fourth-order valence-corrected chi connectivity index (χ4v) is 1.88. The van der Waals surface area contributed by atoms with E-state index in [0.717, 1.165) is 12.1 Å². The van der Waals surface area contributed by atoms with Crippen molar-refractivity contribution < 1.29 is 22.3 Å². The van der Waals surface area contributed by atoms with E-state index in [9.17, 15) is 17.6 Å². The number of hydrogen-bond donors (Lipinski definition) is 0. The molecule has 0 amide bonds. The Balaban J connectivity index is 2.26. The van der Waals surface area contributed by atoms with Gasteiger partial charge < -0.3 is 4.74 Å². The molecule has 2 aromatic rings. The van der Waals surface area contributed by atoms with Crippen LogP contribution in [0.4, 0.5) is 17.6 Å². The highest BCUT2D eigenvalue weighted by Crippen LogP contribution is 2.28. The summed E-state index contributed by atoms with van der Waals surface area (Å²) in [4.78, 5) is 0. The van der Waals surface area contributed by atoms with Crippen molar-refractivity contribution in [3.63, 3.8) is 0 Å². The molecule has 2 rings (SSSR count). The van der Waals surface area contributed by atoms with Crippen molar-refractivity contribution in [1.82, 2.24) is 0 Å². The minimum Gasteiger partial charge on any atom is -0.406 e. The van der Waals surface area contributed by atoms with Gasteiger partial charge in [0.1, 0.15) is 11.6 Å². The Bertz CT molecular complexity index is 593. The average molecular weight is 305 g/mol. The lowest BCUT2D eigenvalue weighted by Crippen LogP contribution is -2.16. The lowest BCUT2D eigenvalue weighted by molar-refractivity contribution is -0.274. The van der Waals surface area contributed by atoms with E-state index in [4.69, 9.17) is 11.6 Å². The predicted molar refractivity (Wildman–Crippen MR) is 68.1 cm³/mol. The minimum absolute atomic E-state index is 0.190. The van der Waals surface area contributed by atoms with Crippen LogP contribution in [-0.2, 0) is 5.88 Å². The molecule has 0 aliphatic rings. The molecule has 6 heteroatoms. The van der Waals surface area contributed by atoms with Crippen LogP contribution in [0.1, 0.15) is 5.56 Å². The molecule has 0 aliphatic carbocycles. The number of ether oxygens (including phenoxy) is 1. The first kappa shape index (κ1) is 14.7. The van der Waals surface area contributed by atoms with Crippen molar-refractivity contribution in [2.24, 2.45) is 0 Å². The van der Waals surface area contributed by atoms with Crippen LogP contribution in [0.2, 0.25) is 0 Å². The molecular weight excluding hydrogens is 296 g/mol. The summed E-state index contributed by atoms with van der Waals surface area (Å²) >= 11 is 5.59. The second-order valence-corrected chi connectivity index (χ2v) is 4.29. The Kier molecular flexibility index (Phi) is 4.18. The fraction of sp³-hybridized carbons (Fsp3) is 0.143. The molecule has 0 N–H and O–H groups in total. The number of rotatable bonds is 3. The third kappa shape index (κ3) is 3.63. The first-order valence-electron chi connectivity index (χ1n) is 5.59. The maximum atomic E-state index is 13.8. The number of hydrogen-bond acceptors (Lipinski definition) is 1. The highest BCUT2D eigenvalue weighted by Gasteiger charge is 2.30. The number of benzene rings is 2. The molecule has 0 saturated carbocycles. The minimum atomic E-state index is -4.74. The van der Waals surface area contributed by atoms with E-state index < -0.39 is 12.2 Å². The Morgan fingerprint density at radius 2 is 1.65 bits per heavy atom. The van der Waals surface area contributed by atoms with Crippen LogP contribution in [0.15, 0.2) is 42.5 Å². The molecule has 0 atom stereocenters. The van der Waals surface area contributed by atoms with E-state index in [1.807, 2.05) is 0 Å². The summed E-state index contributed by atoms with van der Waals surface area (Å²) in [5.74, 6) is -0.637. The SMILES string of the molecule is Fc1cc(CCl)ccc1-c1ccc(OC(F)(F)F)cc1. The van der Waals surface area contributed by atoms with E-state index in [1.54, 1.807) is 6.07 Å². The molecule has 2 aromatic carbocycles. The lowest BCUT2D eigenvalue weighted by Gasteiger charge is -2.10. The second kappa shape index (κ2) is 5.71. The number of halogens is 5. The molecule has 0 aliphatic heterocycles. The molecule has 106 valence electrons. The second-order valence-electron chi connectivity index (χ2n) is 4.02. The summed E-state index contributed by atoms with van der Waals surface area (Å²) in [7, 11) is 0. The monoisotopic (exact) mass is 304 g/mol. The van der Waals surface area contributed by atoms with Gasteiger partial charge >= 0.3 is 6.36 Å². The van der Waals surface area contributed by atoms with Crippen molar-refractivity contribution in [3.05, 3.63) is 53.8 Å². The van der Waals surface area contributed by atoms with Crippen molar-refractivity contribution >= 4 is 11.6 Å².